The third-order valence-corrected chi connectivity index (χ3v) is 4.49. The maximum atomic E-state index is 11.7. The van der Waals surface area contributed by atoms with E-state index in [1.807, 2.05) is 37.3 Å². The van der Waals surface area contributed by atoms with Crippen LogP contribution in [0.4, 0.5) is 10.4 Å². The Hall–Kier alpha value is -1.29. The number of aryl methyl sites for hydroxylation is 1. The summed E-state index contributed by atoms with van der Waals surface area (Å²) in [5, 5.41) is 3.23. The normalized spacial score (nSPS) is 9.58. The molecule has 0 atom stereocenters. The van der Waals surface area contributed by atoms with Crippen LogP contribution in [0.25, 0.3) is 0 Å². The molecular formula is C13H15ClN2O2Se. The van der Waals surface area contributed by atoms with E-state index in [2.05, 4.69) is 10.3 Å². The van der Waals surface area contributed by atoms with Gasteiger partial charge in [0.2, 0.25) is 0 Å². The van der Waals surface area contributed by atoms with Crippen LogP contribution in [-0.2, 0) is 4.74 Å². The van der Waals surface area contributed by atoms with Crippen molar-refractivity contribution in [3.05, 3.63) is 40.5 Å². The molecule has 1 heterocycles. The molecule has 0 aliphatic carbocycles. The second kappa shape index (κ2) is 7.34. The fourth-order valence-corrected chi connectivity index (χ4v) is 3.33. The predicted molar refractivity (Wildman–Crippen MR) is 78.8 cm³/mol. The van der Waals surface area contributed by atoms with Crippen molar-refractivity contribution in [2.24, 2.45) is 0 Å². The number of carbonyl (C=O) groups excluding carboxylic acids is 1. The number of anilines is 2. The maximum absolute atomic E-state index is 11.7. The van der Waals surface area contributed by atoms with Crippen LogP contribution in [0.15, 0.2) is 30.3 Å². The van der Waals surface area contributed by atoms with E-state index in [0.717, 1.165) is 16.1 Å². The number of hydrogen-bond acceptors (Lipinski definition) is 4. The SMILES string of the molecule is CCOC(=O)c1[se]c(Nc2ccccc2)nc1C.Cl. The number of halogens is 1. The Morgan fingerprint density at radius 1 is 1.37 bits per heavy atom. The van der Waals surface area contributed by atoms with E-state index in [9.17, 15) is 4.79 Å². The van der Waals surface area contributed by atoms with Crippen LogP contribution in [-0.4, -0.2) is 32.1 Å². The molecule has 6 heteroatoms. The first kappa shape index (κ1) is 15.8. The van der Waals surface area contributed by atoms with E-state index in [-0.39, 0.29) is 32.9 Å². The molecule has 2 rings (SSSR count). The smallest absolute Gasteiger partial charge is 0.147 e. The molecule has 102 valence electrons. The quantitative estimate of drug-likeness (QED) is 0.684. The fourth-order valence-electron chi connectivity index (χ4n) is 1.48. The average molecular weight is 346 g/mol. The van der Waals surface area contributed by atoms with Crippen molar-refractivity contribution in [2.45, 2.75) is 13.8 Å². The molecule has 0 aliphatic rings. The summed E-state index contributed by atoms with van der Waals surface area (Å²) in [6.07, 6.45) is 0. The van der Waals surface area contributed by atoms with Crippen molar-refractivity contribution in [1.82, 2.24) is 4.98 Å². The first-order valence-corrected chi connectivity index (χ1v) is 7.38. The largest absolute Gasteiger partial charge is 0.147 e. The van der Waals surface area contributed by atoms with Crippen molar-refractivity contribution in [1.29, 1.82) is 0 Å². The number of para-hydroxylation sites is 1. The molecule has 0 radical (unpaired) electrons. The summed E-state index contributed by atoms with van der Waals surface area (Å²) >= 11 is -0.105. The molecule has 0 fully saturated rings. The summed E-state index contributed by atoms with van der Waals surface area (Å²) in [4.78, 5) is 16.1. The number of nitrogens with zero attached hydrogens (tertiary/aromatic N) is 1. The molecule has 0 unspecified atom stereocenters. The zero-order chi connectivity index (χ0) is 13.0. The van der Waals surface area contributed by atoms with Crippen molar-refractivity contribution >= 4 is 43.3 Å². The van der Waals surface area contributed by atoms with Gasteiger partial charge in [0, 0.05) is 0 Å². The molecule has 1 aromatic heterocycles. The number of carbonyl (C=O) groups is 1. The predicted octanol–water partition coefficient (Wildman–Crippen LogP) is 2.79. The summed E-state index contributed by atoms with van der Waals surface area (Å²) in [6, 6.07) is 9.81. The van der Waals surface area contributed by atoms with E-state index in [1.165, 1.54) is 0 Å². The van der Waals surface area contributed by atoms with Crippen molar-refractivity contribution in [3.63, 3.8) is 0 Å². The summed E-state index contributed by atoms with van der Waals surface area (Å²) in [5.41, 5.74) is 1.74. The van der Waals surface area contributed by atoms with Crippen LogP contribution < -0.4 is 5.32 Å². The van der Waals surface area contributed by atoms with Crippen LogP contribution in [0.1, 0.15) is 21.8 Å². The number of nitrogens with one attached hydrogen (secondary N) is 1. The van der Waals surface area contributed by atoms with Gasteiger partial charge in [0.05, 0.1) is 0 Å². The maximum Gasteiger partial charge on any atom is -0.147 e. The molecular weight excluding hydrogens is 331 g/mol. The molecule has 0 amide bonds. The number of esters is 1. The molecule has 2 aromatic rings. The molecule has 0 spiro atoms. The second-order valence-corrected chi connectivity index (χ2v) is 5.74. The Kier molecular flexibility index (Phi) is 6.09. The van der Waals surface area contributed by atoms with Crippen molar-refractivity contribution in [3.8, 4) is 0 Å². The molecule has 0 aliphatic heterocycles. The first-order valence-electron chi connectivity index (χ1n) is 5.67. The number of hydrogen-bond donors (Lipinski definition) is 1. The second-order valence-electron chi connectivity index (χ2n) is 3.65. The zero-order valence-electron chi connectivity index (χ0n) is 10.7. The summed E-state index contributed by atoms with van der Waals surface area (Å²) in [6.45, 7) is 4.04. The van der Waals surface area contributed by atoms with Gasteiger partial charge in [-0.2, -0.15) is 0 Å². The summed E-state index contributed by atoms with van der Waals surface area (Å²) < 4.78 is 6.55. The summed E-state index contributed by atoms with van der Waals surface area (Å²) in [5.74, 6) is -0.247. The topological polar surface area (TPSA) is 51.2 Å². The molecule has 0 bridgehead atoms. The Morgan fingerprint density at radius 2 is 2.05 bits per heavy atom. The van der Waals surface area contributed by atoms with Crippen molar-refractivity contribution < 1.29 is 9.53 Å². The minimum Gasteiger partial charge on any atom is -0.147 e. The molecule has 1 N–H and O–H groups in total. The zero-order valence-corrected chi connectivity index (χ0v) is 13.2. The van der Waals surface area contributed by atoms with Gasteiger partial charge >= 0.3 is 112 Å². The van der Waals surface area contributed by atoms with Crippen LogP contribution in [0.2, 0.25) is 0 Å². The molecule has 1 aromatic carbocycles. The van der Waals surface area contributed by atoms with Crippen LogP contribution in [0.5, 0.6) is 0 Å². The Morgan fingerprint density at radius 3 is 2.68 bits per heavy atom. The molecule has 4 nitrogen and oxygen atoms in total. The number of ether oxygens (including phenoxy) is 1. The van der Waals surface area contributed by atoms with Gasteiger partial charge in [-0.1, -0.05) is 0 Å². The van der Waals surface area contributed by atoms with E-state index in [0.29, 0.717) is 11.0 Å². The van der Waals surface area contributed by atoms with Gasteiger partial charge in [-0.15, -0.1) is 12.4 Å². The number of aromatic nitrogens is 1. The molecule has 0 saturated carbocycles. The minimum absolute atomic E-state index is 0. The van der Waals surface area contributed by atoms with Crippen LogP contribution >= 0.6 is 12.4 Å². The molecule has 19 heavy (non-hydrogen) atoms. The van der Waals surface area contributed by atoms with Gasteiger partial charge in [0.25, 0.3) is 0 Å². The molecule has 0 saturated heterocycles. The van der Waals surface area contributed by atoms with Gasteiger partial charge in [-0.05, 0) is 0 Å². The van der Waals surface area contributed by atoms with E-state index < -0.39 is 0 Å². The Balaban J connectivity index is 0.00000180. The van der Waals surface area contributed by atoms with E-state index in [4.69, 9.17) is 4.74 Å². The Bertz CT molecular complexity index is 543. The first-order chi connectivity index (χ1) is 8.70. The van der Waals surface area contributed by atoms with Crippen LogP contribution in [0.3, 0.4) is 0 Å². The monoisotopic (exact) mass is 346 g/mol. The average Bonchev–Trinajstić information content (AvgIpc) is 2.72. The van der Waals surface area contributed by atoms with Crippen molar-refractivity contribution in [2.75, 3.05) is 11.9 Å². The van der Waals surface area contributed by atoms with Gasteiger partial charge in [-0.25, -0.2) is 0 Å². The van der Waals surface area contributed by atoms with Gasteiger partial charge in [-0.3, -0.25) is 0 Å². The third-order valence-electron chi connectivity index (χ3n) is 2.28. The summed E-state index contributed by atoms with van der Waals surface area (Å²) in [7, 11) is 0. The fraction of sp³-hybridized carbons (Fsp3) is 0.231. The third kappa shape index (κ3) is 4.10. The van der Waals surface area contributed by atoms with Gasteiger partial charge in [0.1, 0.15) is 0 Å². The van der Waals surface area contributed by atoms with E-state index in [1.54, 1.807) is 6.92 Å². The standard InChI is InChI=1S/C13H14N2O2Se.ClH/c1-3-17-12(16)11-9(2)14-13(18-11)15-10-7-5-4-6-8-10;/h4-8H,3H2,1-2H3,(H,14,15);1H. The van der Waals surface area contributed by atoms with Gasteiger partial charge < -0.3 is 0 Å². The van der Waals surface area contributed by atoms with E-state index >= 15 is 0 Å². The Labute approximate surface area is 124 Å². The minimum atomic E-state index is -0.247. The number of rotatable bonds is 4. The van der Waals surface area contributed by atoms with Gasteiger partial charge in [0.15, 0.2) is 0 Å². The van der Waals surface area contributed by atoms with Crippen LogP contribution in [0, 0.1) is 6.92 Å². The number of benzene rings is 1.